The molecule has 1 heteroatoms. The van der Waals surface area contributed by atoms with E-state index in [1.165, 1.54) is 24.0 Å². The van der Waals surface area contributed by atoms with Gasteiger partial charge in [0.2, 0.25) is 0 Å². The third kappa shape index (κ3) is 4.51. The van der Waals surface area contributed by atoms with E-state index in [1.54, 1.807) is 0 Å². The van der Waals surface area contributed by atoms with Gasteiger partial charge in [-0.15, -0.1) is 0 Å². The lowest BCUT2D eigenvalue weighted by molar-refractivity contribution is 0.439. The van der Waals surface area contributed by atoms with Gasteiger partial charge in [0, 0.05) is 12.1 Å². The lowest BCUT2D eigenvalue weighted by Gasteiger charge is -2.24. The maximum atomic E-state index is 3.58. The van der Waals surface area contributed by atoms with Crippen LogP contribution in [0.2, 0.25) is 0 Å². The summed E-state index contributed by atoms with van der Waals surface area (Å²) in [6, 6.07) is 10.2. The molecule has 2 atom stereocenters. The normalized spacial score (nSPS) is 14.9. The van der Waals surface area contributed by atoms with Crippen molar-refractivity contribution in [1.29, 1.82) is 0 Å². The van der Waals surface area contributed by atoms with Crippen molar-refractivity contribution in [3.63, 3.8) is 0 Å². The summed E-state index contributed by atoms with van der Waals surface area (Å²) in [6.07, 6.45) is 2.41. The smallest absolute Gasteiger partial charge is 0.0107 e. The molecule has 0 aromatic heterocycles. The van der Waals surface area contributed by atoms with Gasteiger partial charge in [0.15, 0.2) is 0 Å². The summed E-state index contributed by atoms with van der Waals surface area (Å²) >= 11 is 0. The molecular weight excluding hydrogens is 206 g/mol. The molecule has 0 heterocycles. The van der Waals surface area contributed by atoms with Crippen LogP contribution >= 0.6 is 0 Å². The van der Waals surface area contributed by atoms with E-state index in [-0.39, 0.29) is 0 Å². The number of hydrogen-bond acceptors (Lipinski definition) is 1. The first-order valence-corrected chi connectivity index (χ1v) is 6.89. The molecule has 0 saturated heterocycles. The lowest BCUT2D eigenvalue weighted by atomic mass is 9.93. The first kappa shape index (κ1) is 14.2. The second kappa shape index (κ2) is 6.80. The Morgan fingerprint density at radius 2 is 1.59 bits per heavy atom. The molecular formula is C16H27N. The molecule has 2 unspecified atom stereocenters. The van der Waals surface area contributed by atoms with Crippen LogP contribution in [0.5, 0.6) is 0 Å². The summed E-state index contributed by atoms with van der Waals surface area (Å²) in [5.41, 5.74) is 2.89. The maximum Gasteiger partial charge on any atom is 0.0107 e. The van der Waals surface area contributed by atoms with Crippen molar-refractivity contribution < 1.29 is 0 Å². The minimum absolute atomic E-state index is 0.520. The largest absolute Gasteiger partial charge is 0.311 e. The van der Waals surface area contributed by atoms with Gasteiger partial charge >= 0.3 is 0 Å². The summed E-state index contributed by atoms with van der Waals surface area (Å²) in [5.74, 6) is 0.563. The van der Waals surface area contributed by atoms with Crippen LogP contribution in [-0.4, -0.2) is 12.1 Å². The highest BCUT2D eigenvalue weighted by Gasteiger charge is 2.14. The van der Waals surface area contributed by atoms with Crippen LogP contribution in [0.15, 0.2) is 24.3 Å². The van der Waals surface area contributed by atoms with Crippen LogP contribution in [0.4, 0.5) is 0 Å². The van der Waals surface area contributed by atoms with Gasteiger partial charge in [-0.1, -0.05) is 58.4 Å². The molecule has 0 radical (unpaired) electrons. The Morgan fingerprint density at radius 3 is 2.06 bits per heavy atom. The summed E-state index contributed by atoms with van der Waals surface area (Å²) in [5, 5.41) is 3.58. The van der Waals surface area contributed by atoms with E-state index in [0.29, 0.717) is 18.0 Å². The quantitative estimate of drug-likeness (QED) is 0.779. The van der Waals surface area contributed by atoms with Gasteiger partial charge in [-0.05, 0) is 30.4 Å². The zero-order valence-electron chi connectivity index (χ0n) is 12.0. The minimum atomic E-state index is 0.520. The molecule has 0 amide bonds. The summed E-state index contributed by atoms with van der Waals surface area (Å²) < 4.78 is 0. The van der Waals surface area contributed by atoms with E-state index in [2.05, 4.69) is 64.2 Å². The molecule has 0 bridgehead atoms. The molecule has 0 aliphatic rings. The molecule has 0 aliphatic heterocycles. The van der Waals surface area contributed by atoms with Crippen LogP contribution in [0.1, 0.15) is 58.1 Å². The molecule has 1 rings (SSSR count). The molecule has 0 saturated carbocycles. The van der Waals surface area contributed by atoms with Gasteiger partial charge in [0.25, 0.3) is 0 Å². The van der Waals surface area contributed by atoms with E-state index in [1.807, 2.05) is 0 Å². The van der Waals surface area contributed by atoms with E-state index in [4.69, 9.17) is 0 Å². The Balaban J connectivity index is 2.65. The van der Waals surface area contributed by atoms with Crippen molar-refractivity contribution in [3.8, 4) is 0 Å². The highest BCUT2D eigenvalue weighted by Crippen LogP contribution is 2.20. The van der Waals surface area contributed by atoms with Crippen LogP contribution in [0, 0.1) is 0 Å². The summed E-state index contributed by atoms with van der Waals surface area (Å²) in [7, 11) is 0. The SMILES string of the molecule is CCCc1ccc(C(C)C(C)NC(C)C)cc1. The third-order valence-electron chi connectivity index (χ3n) is 3.39. The molecule has 0 fully saturated rings. The second-order valence-electron chi connectivity index (χ2n) is 5.39. The highest BCUT2D eigenvalue weighted by molar-refractivity contribution is 5.26. The fraction of sp³-hybridized carbons (Fsp3) is 0.625. The lowest BCUT2D eigenvalue weighted by Crippen LogP contribution is -2.36. The molecule has 1 N–H and O–H groups in total. The minimum Gasteiger partial charge on any atom is -0.311 e. The molecule has 96 valence electrons. The predicted molar refractivity (Wildman–Crippen MR) is 76.6 cm³/mol. The molecule has 1 aromatic carbocycles. The van der Waals surface area contributed by atoms with E-state index >= 15 is 0 Å². The van der Waals surface area contributed by atoms with E-state index < -0.39 is 0 Å². The summed E-state index contributed by atoms with van der Waals surface area (Å²) in [6.45, 7) is 11.2. The van der Waals surface area contributed by atoms with E-state index in [0.717, 1.165) is 0 Å². The summed E-state index contributed by atoms with van der Waals surface area (Å²) in [4.78, 5) is 0. The Bertz CT molecular complexity index is 313. The Kier molecular flexibility index (Phi) is 5.70. The first-order valence-electron chi connectivity index (χ1n) is 6.89. The van der Waals surface area contributed by atoms with Crippen molar-refractivity contribution in [2.75, 3.05) is 0 Å². The maximum absolute atomic E-state index is 3.58. The van der Waals surface area contributed by atoms with Crippen LogP contribution in [0.25, 0.3) is 0 Å². The average Bonchev–Trinajstić information content (AvgIpc) is 2.28. The van der Waals surface area contributed by atoms with Crippen LogP contribution in [-0.2, 0) is 6.42 Å². The number of rotatable bonds is 6. The fourth-order valence-corrected chi connectivity index (χ4v) is 2.24. The van der Waals surface area contributed by atoms with Crippen LogP contribution < -0.4 is 5.32 Å². The number of hydrogen-bond donors (Lipinski definition) is 1. The Hall–Kier alpha value is -0.820. The monoisotopic (exact) mass is 233 g/mol. The van der Waals surface area contributed by atoms with Gasteiger partial charge in [0.1, 0.15) is 0 Å². The number of aryl methyl sites for hydroxylation is 1. The van der Waals surface area contributed by atoms with Crippen molar-refractivity contribution >= 4 is 0 Å². The molecule has 17 heavy (non-hydrogen) atoms. The highest BCUT2D eigenvalue weighted by atomic mass is 14.9. The topological polar surface area (TPSA) is 12.0 Å². The Morgan fingerprint density at radius 1 is 1.00 bits per heavy atom. The van der Waals surface area contributed by atoms with Gasteiger partial charge in [-0.2, -0.15) is 0 Å². The van der Waals surface area contributed by atoms with Crippen LogP contribution in [0.3, 0.4) is 0 Å². The van der Waals surface area contributed by atoms with Gasteiger partial charge < -0.3 is 5.32 Å². The van der Waals surface area contributed by atoms with Crippen molar-refractivity contribution in [2.24, 2.45) is 0 Å². The van der Waals surface area contributed by atoms with Crippen molar-refractivity contribution in [3.05, 3.63) is 35.4 Å². The van der Waals surface area contributed by atoms with Crippen molar-refractivity contribution in [1.82, 2.24) is 5.32 Å². The van der Waals surface area contributed by atoms with Gasteiger partial charge in [-0.3, -0.25) is 0 Å². The third-order valence-corrected chi connectivity index (χ3v) is 3.39. The second-order valence-corrected chi connectivity index (χ2v) is 5.39. The molecule has 1 aromatic rings. The molecule has 0 aliphatic carbocycles. The predicted octanol–water partition coefficient (Wildman–Crippen LogP) is 4.13. The van der Waals surface area contributed by atoms with E-state index in [9.17, 15) is 0 Å². The van der Waals surface area contributed by atoms with Crippen molar-refractivity contribution in [2.45, 2.75) is 65.5 Å². The zero-order chi connectivity index (χ0) is 12.8. The Labute approximate surface area is 107 Å². The molecule has 0 spiro atoms. The van der Waals surface area contributed by atoms with Gasteiger partial charge in [0.05, 0.1) is 0 Å². The number of nitrogens with one attached hydrogen (secondary N) is 1. The molecule has 1 nitrogen and oxygen atoms in total. The zero-order valence-corrected chi connectivity index (χ0v) is 12.0. The fourth-order valence-electron chi connectivity index (χ4n) is 2.24. The average molecular weight is 233 g/mol. The standard InChI is InChI=1S/C16H27N/c1-6-7-15-8-10-16(11-9-15)13(4)14(5)17-12(2)3/h8-14,17H,6-7H2,1-5H3. The number of benzene rings is 1. The first-order chi connectivity index (χ1) is 8.04. The van der Waals surface area contributed by atoms with Gasteiger partial charge in [-0.25, -0.2) is 0 Å².